The summed E-state index contributed by atoms with van der Waals surface area (Å²) >= 11 is 0. The molecule has 0 spiro atoms. The van der Waals surface area contributed by atoms with Crippen LogP contribution in [0.3, 0.4) is 0 Å². The van der Waals surface area contributed by atoms with Gasteiger partial charge in [0.2, 0.25) is 0 Å². The van der Waals surface area contributed by atoms with E-state index in [-0.39, 0.29) is 5.97 Å². The van der Waals surface area contributed by atoms with Gasteiger partial charge in [0, 0.05) is 5.69 Å². The quantitative estimate of drug-likeness (QED) is 0.787. The van der Waals surface area contributed by atoms with Crippen molar-refractivity contribution in [2.45, 2.75) is 19.4 Å². The minimum atomic E-state index is -0.789. The van der Waals surface area contributed by atoms with Crippen LogP contribution in [0.4, 0.5) is 5.69 Å². The Morgan fingerprint density at radius 1 is 1.38 bits per heavy atom. The molecule has 1 aromatic carbocycles. The number of nitrogens with zero attached hydrogens (tertiary/aromatic N) is 1. The first kappa shape index (κ1) is 12.1. The van der Waals surface area contributed by atoms with Crippen molar-refractivity contribution in [3.05, 3.63) is 29.8 Å². The van der Waals surface area contributed by atoms with Gasteiger partial charge in [0.05, 0.1) is 18.7 Å². The number of hydrogen-bond acceptors (Lipinski definition) is 4. The Morgan fingerprint density at radius 3 is 2.38 bits per heavy atom. The number of carbonyl (C=O) groups is 1. The third-order valence-corrected chi connectivity index (χ3v) is 2.17. The van der Waals surface area contributed by atoms with E-state index in [1.54, 1.807) is 38.1 Å². The molecule has 0 aliphatic heterocycles. The predicted molar refractivity (Wildman–Crippen MR) is 60.9 cm³/mol. The van der Waals surface area contributed by atoms with Gasteiger partial charge in [-0.1, -0.05) is 0 Å². The van der Waals surface area contributed by atoms with Crippen LogP contribution in [-0.2, 0) is 9.53 Å². The molecule has 4 heteroatoms. The average Bonchev–Trinajstić information content (AvgIpc) is 2.28. The molecule has 84 valence electrons. The van der Waals surface area contributed by atoms with Crippen LogP contribution in [0.15, 0.2) is 24.3 Å². The zero-order chi connectivity index (χ0) is 12.2. The van der Waals surface area contributed by atoms with E-state index >= 15 is 0 Å². The fraction of sp³-hybridized carbons (Fsp3) is 0.333. The second-order valence-corrected chi connectivity index (χ2v) is 3.93. The van der Waals surface area contributed by atoms with Gasteiger partial charge in [-0.15, -0.1) is 0 Å². The molecule has 1 N–H and O–H groups in total. The number of nitriles is 1. The lowest BCUT2D eigenvalue weighted by atomic mass is 10.1. The summed E-state index contributed by atoms with van der Waals surface area (Å²) in [7, 11) is 1.35. The van der Waals surface area contributed by atoms with Crippen LogP contribution in [0.2, 0.25) is 0 Å². The minimum Gasteiger partial charge on any atom is -0.467 e. The fourth-order valence-electron chi connectivity index (χ4n) is 1.30. The molecular weight excluding hydrogens is 204 g/mol. The van der Waals surface area contributed by atoms with Gasteiger partial charge in [-0.05, 0) is 38.1 Å². The van der Waals surface area contributed by atoms with Crippen molar-refractivity contribution < 1.29 is 9.53 Å². The number of rotatable bonds is 3. The average molecular weight is 218 g/mol. The van der Waals surface area contributed by atoms with E-state index in [9.17, 15) is 4.79 Å². The number of nitrogens with one attached hydrogen (secondary N) is 1. The molecule has 0 saturated heterocycles. The maximum absolute atomic E-state index is 11.4. The van der Waals surface area contributed by atoms with Crippen LogP contribution < -0.4 is 5.32 Å². The number of hydrogen-bond donors (Lipinski definition) is 1. The first-order valence-electron chi connectivity index (χ1n) is 4.86. The van der Waals surface area contributed by atoms with Crippen LogP contribution in [0.5, 0.6) is 0 Å². The molecule has 0 aromatic heterocycles. The van der Waals surface area contributed by atoms with Gasteiger partial charge >= 0.3 is 5.97 Å². The molecule has 0 fully saturated rings. The van der Waals surface area contributed by atoms with E-state index in [4.69, 9.17) is 5.26 Å². The van der Waals surface area contributed by atoms with Crippen molar-refractivity contribution in [3.8, 4) is 6.07 Å². The summed E-state index contributed by atoms with van der Waals surface area (Å²) < 4.78 is 4.68. The molecule has 4 nitrogen and oxygen atoms in total. The van der Waals surface area contributed by atoms with Crippen molar-refractivity contribution >= 4 is 11.7 Å². The molecule has 0 bridgehead atoms. The molecule has 0 aliphatic carbocycles. The van der Waals surface area contributed by atoms with Crippen LogP contribution in [0, 0.1) is 11.3 Å². The first-order valence-corrected chi connectivity index (χ1v) is 4.86. The Balaban J connectivity index is 2.81. The summed E-state index contributed by atoms with van der Waals surface area (Å²) in [4.78, 5) is 11.4. The monoisotopic (exact) mass is 218 g/mol. The number of methoxy groups -OCH3 is 1. The van der Waals surface area contributed by atoms with Crippen molar-refractivity contribution in [1.82, 2.24) is 0 Å². The van der Waals surface area contributed by atoms with E-state index in [1.807, 2.05) is 6.07 Å². The number of ether oxygens (including phenoxy) is 1. The van der Waals surface area contributed by atoms with Gasteiger partial charge in [0.15, 0.2) is 0 Å². The van der Waals surface area contributed by atoms with Crippen molar-refractivity contribution in [2.75, 3.05) is 12.4 Å². The summed E-state index contributed by atoms with van der Waals surface area (Å²) in [6, 6.07) is 8.92. The minimum absolute atomic E-state index is 0.336. The lowest BCUT2D eigenvalue weighted by Crippen LogP contribution is -2.41. The largest absolute Gasteiger partial charge is 0.467 e. The van der Waals surface area contributed by atoms with E-state index in [1.165, 1.54) is 7.11 Å². The number of anilines is 1. The molecule has 0 amide bonds. The second-order valence-electron chi connectivity index (χ2n) is 3.93. The maximum atomic E-state index is 11.4. The number of carbonyl (C=O) groups excluding carboxylic acids is 1. The summed E-state index contributed by atoms with van der Waals surface area (Å²) in [6.45, 7) is 3.47. The van der Waals surface area contributed by atoms with Crippen molar-refractivity contribution in [2.24, 2.45) is 0 Å². The SMILES string of the molecule is COC(=O)C(C)(C)Nc1ccc(C#N)cc1. The Kier molecular flexibility index (Phi) is 3.51. The molecule has 1 aromatic rings. The van der Waals surface area contributed by atoms with Gasteiger partial charge in [0.25, 0.3) is 0 Å². The molecule has 0 heterocycles. The standard InChI is InChI=1S/C12H14N2O2/c1-12(2,11(15)16-3)14-10-6-4-9(8-13)5-7-10/h4-7,14H,1-3H3. The Bertz CT molecular complexity index is 416. The maximum Gasteiger partial charge on any atom is 0.330 e. The topological polar surface area (TPSA) is 62.1 Å². The highest BCUT2D eigenvalue weighted by Gasteiger charge is 2.28. The Hall–Kier alpha value is -2.02. The Labute approximate surface area is 94.8 Å². The highest BCUT2D eigenvalue weighted by molar-refractivity contribution is 5.83. The van der Waals surface area contributed by atoms with Crippen molar-refractivity contribution in [3.63, 3.8) is 0 Å². The summed E-state index contributed by atoms with van der Waals surface area (Å²) in [5.41, 5.74) is 0.568. The summed E-state index contributed by atoms with van der Waals surface area (Å²) in [6.07, 6.45) is 0. The fourth-order valence-corrected chi connectivity index (χ4v) is 1.30. The van der Waals surface area contributed by atoms with E-state index in [2.05, 4.69) is 10.1 Å². The second kappa shape index (κ2) is 4.67. The molecule has 0 aliphatic rings. The highest BCUT2D eigenvalue weighted by atomic mass is 16.5. The number of esters is 1. The predicted octanol–water partition coefficient (Wildman–Crippen LogP) is 1.92. The van der Waals surface area contributed by atoms with Crippen LogP contribution in [0.25, 0.3) is 0 Å². The zero-order valence-electron chi connectivity index (χ0n) is 9.57. The zero-order valence-corrected chi connectivity index (χ0v) is 9.57. The van der Waals surface area contributed by atoms with Gasteiger partial charge in [0.1, 0.15) is 5.54 Å². The molecule has 0 radical (unpaired) electrons. The molecule has 1 rings (SSSR count). The summed E-state index contributed by atoms with van der Waals surface area (Å²) in [5.74, 6) is -0.336. The highest BCUT2D eigenvalue weighted by Crippen LogP contribution is 2.16. The number of benzene rings is 1. The van der Waals surface area contributed by atoms with Gasteiger partial charge in [-0.25, -0.2) is 4.79 Å². The molecular formula is C12H14N2O2. The third kappa shape index (κ3) is 2.74. The van der Waals surface area contributed by atoms with Crippen LogP contribution >= 0.6 is 0 Å². The lowest BCUT2D eigenvalue weighted by molar-refractivity contribution is -0.144. The van der Waals surface area contributed by atoms with E-state index in [0.29, 0.717) is 5.56 Å². The van der Waals surface area contributed by atoms with E-state index < -0.39 is 5.54 Å². The molecule has 0 saturated carbocycles. The summed E-state index contributed by atoms with van der Waals surface area (Å²) in [5, 5.41) is 11.7. The molecule has 0 atom stereocenters. The normalized spacial score (nSPS) is 10.4. The lowest BCUT2D eigenvalue weighted by Gasteiger charge is -2.24. The molecule has 16 heavy (non-hydrogen) atoms. The van der Waals surface area contributed by atoms with E-state index in [0.717, 1.165) is 5.69 Å². The van der Waals surface area contributed by atoms with Gasteiger partial charge in [-0.3, -0.25) is 0 Å². The third-order valence-electron chi connectivity index (χ3n) is 2.17. The Morgan fingerprint density at radius 2 is 1.94 bits per heavy atom. The van der Waals surface area contributed by atoms with Crippen LogP contribution in [0.1, 0.15) is 19.4 Å². The van der Waals surface area contributed by atoms with Gasteiger partial charge < -0.3 is 10.1 Å². The van der Waals surface area contributed by atoms with Gasteiger partial charge in [-0.2, -0.15) is 5.26 Å². The smallest absolute Gasteiger partial charge is 0.330 e. The first-order chi connectivity index (χ1) is 7.49. The van der Waals surface area contributed by atoms with Crippen LogP contribution in [-0.4, -0.2) is 18.6 Å². The van der Waals surface area contributed by atoms with Crippen molar-refractivity contribution in [1.29, 1.82) is 5.26 Å². The molecule has 0 unspecified atom stereocenters.